The van der Waals surface area contributed by atoms with Crippen LogP contribution in [0.3, 0.4) is 0 Å². The first-order valence-corrected chi connectivity index (χ1v) is 12.4. The molecule has 0 saturated carbocycles. The maximum Gasteiger partial charge on any atom is 0.106 e. The molecule has 1 nitrogen and oxygen atoms in total. The van der Waals surface area contributed by atoms with E-state index in [-0.39, 0.29) is 0 Å². The van der Waals surface area contributed by atoms with Crippen molar-refractivity contribution in [3.05, 3.63) is 80.3 Å². The van der Waals surface area contributed by atoms with E-state index in [1.54, 1.807) is 5.20 Å². The maximum absolute atomic E-state index is 4.74. The van der Waals surface area contributed by atoms with Gasteiger partial charge in [-0.05, 0) is 62.4 Å². The summed E-state index contributed by atoms with van der Waals surface area (Å²) in [5.41, 5.74) is 7.43. The number of halogens is 1. The van der Waals surface area contributed by atoms with Crippen LogP contribution in [0.1, 0.15) is 31.0 Å². The van der Waals surface area contributed by atoms with Crippen LogP contribution in [0.2, 0.25) is 18.6 Å². The lowest BCUT2D eigenvalue weighted by atomic mass is 9.83. The van der Waals surface area contributed by atoms with Gasteiger partial charge in [0.1, 0.15) is 4.60 Å². The molecule has 0 aliphatic heterocycles. The summed E-state index contributed by atoms with van der Waals surface area (Å²) in [5.74, 6) is 0.410. The number of hydrogen-bond donors (Lipinski definition) is 0. The SMILES string of the molecule is CC1=C([Si](C)(C)C2C=CC=C2)C2=Cc3nc(Br)ccc3C(C)C2=C1. The summed E-state index contributed by atoms with van der Waals surface area (Å²) < 4.78 is 0.913. The second-order valence-electron chi connectivity index (χ2n) is 7.56. The molecule has 3 heteroatoms. The molecule has 1 aromatic heterocycles. The lowest BCUT2D eigenvalue weighted by Crippen LogP contribution is -2.35. The van der Waals surface area contributed by atoms with E-state index in [1.807, 2.05) is 0 Å². The van der Waals surface area contributed by atoms with E-state index in [9.17, 15) is 0 Å². The van der Waals surface area contributed by atoms with Gasteiger partial charge in [0.15, 0.2) is 0 Å². The van der Waals surface area contributed by atoms with Crippen LogP contribution in [0.15, 0.2) is 69.0 Å². The molecule has 0 spiro atoms. The second kappa shape index (κ2) is 5.53. The van der Waals surface area contributed by atoms with Crippen LogP contribution >= 0.6 is 15.9 Å². The molecular formula is C21H22BrNSi. The molecular weight excluding hydrogens is 374 g/mol. The summed E-state index contributed by atoms with van der Waals surface area (Å²) in [6.07, 6.45) is 13.9. The third kappa shape index (κ3) is 2.29. The van der Waals surface area contributed by atoms with Crippen molar-refractivity contribution in [3.63, 3.8) is 0 Å². The Morgan fingerprint density at radius 1 is 1.08 bits per heavy atom. The van der Waals surface area contributed by atoms with Crippen molar-refractivity contribution < 1.29 is 0 Å². The van der Waals surface area contributed by atoms with E-state index in [2.05, 4.69) is 91.5 Å². The summed E-state index contributed by atoms with van der Waals surface area (Å²) in [7, 11) is -1.63. The first kappa shape index (κ1) is 16.0. The van der Waals surface area contributed by atoms with E-state index in [1.165, 1.54) is 22.3 Å². The van der Waals surface area contributed by atoms with Gasteiger partial charge < -0.3 is 0 Å². The van der Waals surface area contributed by atoms with Crippen LogP contribution in [-0.4, -0.2) is 13.1 Å². The Morgan fingerprint density at radius 2 is 1.79 bits per heavy atom. The molecule has 0 radical (unpaired) electrons. The van der Waals surface area contributed by atoms with Gasteiger partial charge in [-0.25, -0.2) is 4.98 Å². The average Bonchev–Trinajstić information content (AvgIpc) is 3.15. The minimum atomic E-state index is -1.63. The molecule has 1 unspecified atom stereocenters. The third-order valence-corrected chi connectivity index (χ3v) is 10.2. The zero-order valence-electron chi connectivity index (χ0n) is 14.6. The Bertz CT molecular complexity index is 871. The number of allylic oxidation sites excluding steroid dienone is 9. The van der Waals surface area contributed by atoms with Crippen LogP contribution in [0.25, 0.3) is 6.08 Å². The third-order valence-electron chi connectivity index (χ3n) is 5.71. The molecule has 0 amide bonds. The lowest BCUT2D eigenvalue weighted by molar-refractivity contribution is 0.884. The topological polar surface area (TPSA) is 12.9 Å². The number of nitrogens with zero attached hydrogens (tertiary/aromatic N) is 1. The molecule has 0 bridgehead atoms. The van der Waals surface area contributed by atoms with Gasteiger partial charge in [0.05, 0.1) is 13.8 Å². The molecule has 0 fully saturated rings. The van der Waals surface area contributed by atoms with Crippen molar-refractivity contribution in [1.82, 2.24) is 4.98 Å². The molecule has 122 valence electrons. The highest BCUT2D eigenvalue weighted by molar-refractivity contribution is 9.10. The van der Waals surface area contributed by atoms with E-state index in [0.29, 0.717) is 11.5 Å². The van der Waals surface area contributed by atoms with Crippen molar-refractivity contribution in [1.29, 1.82) is 0 Å². The molecule has 24 heavy (non-hydrogen) atoms. The van der Waals surface area contributed by atoms with Crippen molar-refractivity contribution in [2.24, 2.45) is 0 Å². The van der Waals surface area contributed by atoms with Crippen molar-refractivity contribution >= 4 is 30.1 Å². The largest absolute Gasteiger partial charge is 0.241 e. The van der Waals surface area contributed by atoms with Gasteiger partial charge in [-0.3, -0.25) is 0 Å². The first-order chi connectivity index (χ1) is 11.4. The predicted octanol–water partition coefficient (Wildman–Crippen LogP) is 6.34. The Hall–Kier alpha value is -1.45. The van der Waals surface area contributed by atoms with E-state index < -0.39 is 8.07 Å². The smallest absolute Gasteiger partial charge is 0.106 e. The number of aromatic nitrogens is 1. The van der Waals surface area contributed by atoms with Crippen LogP contribution in [0.5, 0.6) is 0 Å². The number of hydrogen-bond acceptors (Lipinski definition) is 1. The summed E-state index contributed by atoms with van der Waals surface area (Å²) in [6, 6.07) is 4.27. The van der Waals surface area contributed by atoms with Gasteiger partial charge in [-0.2, -0.15) is 0 Å². The van der Waals surface area contributed by atoms with Crippen LogP contribution in [-0.2, 0) is 0 Å². The molecule has 1 aromatic rings. The van der Waals surface area contributed by atoms with Gasteiger partial charge in [-0.1, -0.05) is 62.0 Å². The average molecular weight is 396 g/mol. The molecule has 4 rings (SSSR count). The molecule has 3 aliphatic carbocycles. The highest BCUT2D eigenvalue weighted by Crippen LogP contribution is 2.50. The normalized spacial score (nSPS) is 22.6. The Kier molecular flexibility index (Phi) is 3.70. The quantitative estimate of drug-likeness (QED) is 0.420. The first-order valence-electron chi connectivity index (χ1n) is 8.56. The van der Waals surface area contributed by atoms with Crippen molar-refractivity contribution in [2.75, 3.05) is 0 Å². The van der Waals surface area contributed by atoms with E-state index in [0.717, 1.165) is 10.3 Å². The molecule has 1 atom stereocenters. The van der Waals surface area contributed by atoms with Gasteiger partial charge in [0, 0.05) is 5.92 Å². The standard InChI is InChI=1S/C21H22BrNSi/c1-13-11-17-14(2)16-9-10-20(22)23-19(16)12-18(17)21(13)24(3,4)15-7-5-6-8-15/h5-12,14-15H,1-4H3. The summed E-state index contributed by atoms with van der Waals surface area (Å²) in [4.78, 5) is 4.74. The van der Waals surface area contributed by atoms with Gasteiger partial charge >= 0.3 is 0 Å². The van der Waals surface area contributed by atoms with E-state index in [4.69, 9.17) is 4.98 Å². The fourth-order valence-electron chi connectivity index (χ4n) is 4.44. The highest BCUT2D eigenvalue weighted by Gasteiger charge is 2.41. The number of pyridine rings is 1. The summed E-state index contributed by atoms with van der Waals surface area (Å²) in [6.45, 7) is 9.61. The Balaban J connectivity index is 1.86. The van der Waals surface area contributed by atoms with Crippen molar-refractivity contribution in [2.45, 2.75) is 38.4 Å². The summed E-state index contributed by atoms with van der Waals surface area (Å²) >= 11 is 3.53. The van der Waals surface area contributed by atoms with Crippen LogP contribution in [0, 0.1) is 0 Å². The molecule has 1 heterocycles. The Morgan fingerprint density at radius 3 is 2.50 bits per heavy atom. The van der Waals surface area contributed by atoms with Gasteiger partial charge in [0.2, 0.25) is 0 Å². The minimum Gasteiger partial charge on any atom is -0.241 e. The molecule has 0 N–H and O–H groups in total. The second-order valence-corrected chi connectivity index (χ2v) is 13.0. The minimum absolute atomic E-state index is 0.410. The number of fused-ring (bicyclic) bond motifs is 2. The van der Waals surface area contributed by atoms with Gasteiger partial charge in [-0.15, -0.1) is 0 Å². The zero-order valence-corrected chi connectivity index (χ0v) is 17.2. The fraction of sp³-hybridized carbons (Fsp3) is 0.286. The predicted molar refractivity (Wildman–Crippen MR) is 109 cm³/mol. The molecule has 0 saturated heterocycles. The summed E-state index contributed by atoms with van der Waals surface area (Å²) in [5, 5.41) is 1.61. The lowest BCUT2D eigenvalue weighted by Gasteiger charge is -2.34. The van der Waals surface area contributed by atoms with E-state index >= 15 is 0 Å². The highest BCUT2D eigenvalue weighted by atomic mass is 79.9. The fourth-order valence-corrected chi connectivity index (χ4v) is 8.28. The monoisotopic (exact) mass is 395 g/mol. The molecule has 3 aliphatic rings. The zero-order chi connectivity index (χ0) is 17.1. The number of rotatable bonds is 2. The maximum atomic E-state index is 4.74. The van der Waals surface area contributed by atoms with Crippen LogP contribution < -0.4 is 0 Å². The van der Waals surface area contributed by atoms with Crippen molar-refractivity contribution in [3.8, 4) is 0 Å². The van der Waals surface area contributed by atoms with Gasteiger partial charge in [0.25, 0.3) is 0 Å². The van der Waals surface area contributed by atoms with Crippen LogP contribution in [0.4, 0.5) is 0 Å². The molecule has 0 aromatic carbocycles. The Labute approximate surface area is 153 Å².